The molecule has 0 radical (unpaired) electrons. The van der Waals surface area contributed by atoms with Gasteiger partial charge in [0.2, 0.25) is 11.9 Å². The third-order valence-corrected chi connectivity index (χ3v) is 4.21. The number of nitrogens with one attached hydrogen (secondary N) is 2. The molecule has 1 fully saturated rings. The maximum absolute atomic E-state index is 5.48. The van der Waals surface area contributed by atoms with E-state index in [-0.39, 0.29) is 0 Å². The molecule has 1 aromatic heterocycles. The fraction of sp³-hybridized carbons (Fsp3) is 0.769. The summed E-state index contributed by atoms with van der Waals surface area (Å²) < 4.78 is 5.48. The van der Waals surface area contributed by atoms with Gasteiger partial charge in [0.25, 0.3) is 0 Å². The molecule has 6 nitrogen and oxygen atoms in total. The molecule has 20 heavy (non-hydrogen) atoms. The second-order valence-corrected chi connectivity index (χ2v) is 6.03. The van der Waals surface area contributed by atoms with E-state index in [0.717, 1.165) is 13.0 Å². The highest BCUT2D eigenvalue weighted by Crippen LogP contribution is 2.23. The van der Waals surface area contributed by atoms with Gasteiger partial charge in [0, 0.05) is 13.6 Å². The first-order valence-corrected chi connectivity index (χ1v) is 8.35. The molecule has 7 heteroatoms. The van der Waals surface area contributed by atoms with E-state index >= 15 is 0 Å². The van der Waals surface area contributed by atoms with Crippen LogP contribution in [0, 0.1) is 5.92 Å². The average Bonchev–Trinajstić information content (AvgIpc) is 2.51. The number of anilines is 2. The van der Waals surface area contributed by atoms with E-state index in [4.69, 9.17) is 4.74 Å². The molecule has 1 aromatic rings. The lowest BCUT2D eigenvalue weighted by atomic mass is 10.0. The maximum atomic E-state index is 5.48. The molecule has 0 aliphatic carbocycles. The Balaban J connectivity index is 1.94. The van der Waals surface area contributed by atoms with Gasteiger partial charge in [-0.1, -0.05) is 6.92 Å². The fourth-order valence-electron chi connectivity index (χ4n) is 1.99. The molecule has 0 spiro atoms. The molecule has 2 heterocycles. The van der Waals surface area contributed by atoms with Gasteiger partial charge < -0.3 is 15.4 Å². The fourth-order valence-corrected chi connectivity index (χ4v) is 3.20. The second kappa shape index (κ2) is 8.14. The number of aromatic nitrogens is 3. The van der Waals surface area contributed by atoms with Crippen molar-refractivity contribution >= 4 is 23.7 Å². The number of rotatable bonds is 7. The van der Waals surface area contributed by atoms with Gasteiger partial charge in [-0.2, -0.15) is 26.7 Å². The van der Waals surface area contributed by atoms with Crippen LogP contribution in [-0.4, -0.2) is 46.7 Å². The van der Waals surface area contributed by atoms with Crippen LogP contribution in [0.15, 0.2) is 0 Å². The quantitative estimate of drug-likeness (QED) is 0.799. The smallest absolute Gasteiger partial charge is 0.323 e. The minimum atomic E-state index is 0.382. The summed E-state index contributed by atoms with van der Waals surface area (Å²) in [6.45, 7) is 3.59. The summed E-state index contributed by atoms with van der Waals surface area (Å²) in [5.74, 6) is 4.36. The van der Waals surface area contributed by atoms with Crippen molar-refractivity contribution in [3.63, 3.8) is 0 Å². The summed E-state index contributed by atoms with van der Waals surface area (Å²) >= 11 is 2.04. The molecule has 2 rings (SSSR count). The Hall–Kier alpha value is -1.24. The molecule has 2 N–H and O–H groups in total. The summed E-state index contributed by atoms with van der Waals surface area (Å²) in [4.78, 5) is 12.8. The molecule has 1 aliphatic heterocycles. The molecule has 0 atom stereocenters. The highest BCUT2D eigenvalue weighted by atomic mass is 32.2. The van der Waals surface area contributed by atoms with Crippen molar-refractivity contribution in [1.29, 1.82) is 0 Å². The lowest BCUT2D eigenvalue weighted by molar-refractivity contribution is 0.292. The van der Waals surface area contributed by atoms with E-state index < -0.39 is 0 Å². The molecule has 0 unspecified atom stereocenters. The molecular weight excluding hydrogens is 274 g/mol. The summed E-state index contributed by atoms with van der Waals surface area (Å²) in [5, 5.41) is 6.25. The van der Waals surface area contributed by atoms with Crippen LogP contribution in [0.3, 0.4) is 0 Å². The van der Waals surface area contributed by atoms with Crippen LogP contribution in [-0.2, 0) is 0 Å². The second-order valence-electron chi connectivity index (χ2n) is 4.80. The first kappa shape index (κ1) is 15.2. The molecule has 1 saturated heterocycles. The van der Waals surface area contributed by atoms with Crippen LogP contribution in [0.1, 0.15) is 26.2 Å². The molecule has 1 aliphatic rings. The van der Waals surface area contributed by atoms with E-state index in [0.29, 0.717) is 30.4 Å². The highest BCUT2D eigenvalue weighted by Gasteiger charge is 2.14. The van der Waals surface area contributed by atoms with Crippen molar-refractivity contribution < 1.29 is 4.74 Å². The van der Waals surface area contributed by atoms with Gasteiger partial charge in [-0.15, -0.1) is 0 Å². The summed E-state index contributed by atoms with van der Waals surface area (Å²) in [6, 6.07) is 0.382. The van der Waals surface area contributed by atoms with E-state index in [2.05, 4.69) is 32.5 Å². The SMILES string of the molecule is CCCOc1nc(NC)nc(NCC2CCSCC2)n1. The van der Waals surface area contributed by atoms with Gasteiger partial charge in [-0.05, 0) is 36.7 Å². The minimum Gasteiger partial charge on any atom is -0.463 e. The third kappa shape index (κ3) is 4.70. The molecule has 0 saturated carbocycles. The molecule has 112 valence electrons. The van der Waals surface area contributed by atoms with Gasteiger partial charge in [0.15, 0.2) is 0 Å². The zero-order valence-corrected chi connectivity index (χ0v) is 13.0. The summed E-state index contributed by atoms with van der Waals surface area (Å²) in [6.07, 6.45) is 3.46. The standard InChI is InChI=1S/C13H23N5OS/c1-3-6-19-13-17-11(14-2)16-12(18-13)15-9-10-4-7-20-8-5-10/h10H,3-9H2,1-2H3,(H2,14,15,16,17,18). The van der Waals surface area contributed by atoms with Crippen LogP contribution in [0.4, 0.5) is 11.9 Å². The van der Waals surface area contributed by atoms with Gasteiger partial charge in [-0.25, -0.2) is 0 Å². The van der Waals surface area contributed by atoms with E-state index in [1.54, 1.807) is 7.05 Å². The Kier molecular flexibility index (Phi) is 6.17. The maximum Gasteiger partial charge on any atom is 0.323 e. The first-order valence-electron chi connectivity index (χ1n) is 7.20. The topological polar surface area (TPSA) is 72.0 Å². The van der Waals surface area contributed by atoms with Crippen LogP contribution < -0.4 is 15.4 Å². The average molecular weight is 297 g/mol. The van der Waals surface area contributed by atoms with Crippen molar-refractivity contribution in [3.05, 3.63) is 0 Å². The Bertz CT molecular complexity index is 412. The van der Waals surface area contributed by atoms with Crippen molar-refractivity contribution in [2.75, 3.05) is 42.3 Å². The van der Waals surface area contributed by atoms with Crippen LogP contribution in [0.5, 0.6) is 6.01 Å². The molecular formula is C13H23N5OS. The molecule has 0 amide bonds. The van der Waals surface area contributed by atoms with Crippen LogP contribution >= 0.6 is 11.8 Å². The van der Waals surface area contributed by atoms with Crippen LogP contribution in [0.25, 0.3) is 0 Å². The van der Waals surface area contributed by atoms with Crippen molar-refractivity contribution in [2.24, 2.45) is 5.92 Å². The zero-order chi connectivity index (χ0) is 14.2. The predicted octanol–water partition coefficient (Wildman–Crippen LogP) is 2.26. The zero-order valence-electron chi connectivity index (χ0n) is 12.2. The number of ether oxygens (including phenoxy) is 1. The highest BCUT2D eigenvalue weighted by molar-refractivity contribution is 7.99. The Morgan fingerprint density at radius 2 is 1.95 bits per heavy atom. The predicted molar refractivity (Wildman–Crippen MR) is 83.7 cm³/mol. The summed E-state index contributed by atoms with van der Waals surface area (Å²) in [7, 11) is 1.79. The van der Waals surface area contributed by atoms with Crippen LogP contribution in [0.2, 0.25) is 0 Å². The molecule has 0 bridgehead atoms. The number of hydrogen-bond acceptors (Lipinski definition) is 7. The van der Waals surface area contributed by atoms with E-state index in [9.17, 15) is 0 Å². The lowest BCUT2D eigenvalue weighted by Crippen LogP contribution is -2.20. The Morgan fingerprint density at radius 1 is 1.20 bits per heavy atom. The normalized spacial score (nSPS) is 15.9. The third-order valence-electron chi connectivity index (χ3n) is 3.16. The van der Waals surface area contributed by atoms with Crippen molar-refractivity contribution in [3.8, 4) is 6.01 Å². The van der Waals surface area contributed by atoms with Gasteiger partial charge in [0.05, 0.1) is 6.61 Å². The number of nitrogens with zero attached hydrogens (tertiary/aromatic N) is 3. The molecule has 0 aromatic carbocycles. The van der Waals surface area contributed by atoms with E-state index in [1.807, 2.05) is 11.8 Å². The van der Waals surface area contributed by atoms with Gasteiger partial charge in [0.1, 0.15) is 0 Å². The number of hydrogen-bond donors (Lipinski definition) is 2. The largest absolute Gasteiger partial charge is 0.463 e. The summed E-state index contributed by atoms with van der Waals surface area (Å²) in [5.41, 5.74) is 0. The van der Waals surface area contributed by atoms with Crippen molar-refractivity contribution in [1.82, 2.24) is 15.0 Å². The van der Waals surface area contributed by atoms with Gasteiger partial charge in [-0.3, -0.25) is 0 Å². The Morgan fingerprint density at radius 3 is 2.65 bits per heavy atom. The first-order chi connectivity index (χ1) is 9.81. The Labute approximate surface area is 124 Å². The van der Waals surface area contributed by atoms with Crippen molar-refractivity contribution in [2.45, 2.75) is 26.2 Å². The number of thioether (sulfide) groups is 1. The lowest BCUT2D eigenvalue weighted by Gasteiger charge is -2.21. The van der Waals surface area contributed by atoms with E-state index in [1.165, 1.54) is 24.3 Å². The minimum absolute atomic E-state index is 0.382. The van der Waals surface area contributed by atoms with Gasteiger partial charge >= 0.3 is 6.01 Å². The monoisotopic (exact) mass is 297 g/mol.